The second-order valence-electron chi connectivity index (χ2n) is 2.54. The Labute approximate surface area is 87.4 Å². The molecule has 1 heterocycles. The molecular formula is C10H13NO2S. The Balaban J connectivity index is 2.77. The molecular weight excluding hydrogens is 198 g/mol. The highest BCUT2D eigenvalue weighted by Gasteiger charge is 2.08. The van der Waals surface area contributed by atoms with Crippen LogP contribution in [0.2, 0.25) is 0 Å². The largest absolute Gasteiger partial charge is 0.501 e. The van der Waals surface area contributed by atoms with Gasteiger partial charge in [0.25, 0.3) is 5.91 Å². The fourth-order valence-electron chi connectivity index (χ4n) is 0.966. The van der Waals surface area contributed by atoms with E-state index in [-0.39, 0.29) is 5.91 Å². The van der Waals surface area contributed by atoms with Crippen molar-refractivity contribution in [3.8, 4) is 0 Å². The lowest BCUT2D eigenvalue weighted by molar-refractivity contribution is 0.0967. The third-order valence-corrected chi connectivity index (χ3v) is 2.57. The molecule has 0 unspecified atom stereocenters. The summed E-state index contributed by atoms with van der Waals surface area (Å²) in [5.41, 5.74) is 0.891. The van der Waals surface area contributed by atoms with Crippen molar-refractivity contribution in [1.29, 1.82) is 0 Å². The van der Waals surface area contributed by atoms with Gasteiger partial charge in [-0.25, -0.2) is 0 Å². The topological polar surface area (TPSA) is 38.3 Å². The Hall–Kier alpha value is -1.29. The highest BCUT2D eigenvalue weighted by atomic mass is 32.1. The molecule has 0 aliphatic carbocycles. The SMILES string of the molecule is CCO/C=C/c1ccsc1C(=O)NC. The van der Waals surface area contributed by atoms with E-state index in [9.17, 15) is 4.79 Å². The number of rotatable bonds is 4. The maximum atomic E-state index is 11.4. The Morgan fingerprint density at radius 1 is 1.71 bits per heavy atom. The van der Waals surface area contributed by atoms with E-state index in [0.29, 0.717) is 11.5 Å². The first-order valence-corrected chi connectivity index (χ1v) is 5.25. The Morgan fingerprint density at radius 2 is 2.50 bits per heavy atom. The van der Waals surface area contributed by atoms with E-state index in [1.807, 2.05) is 18.4 Å². The molecule has 1 amide bonds. The molecule has 0 aromatic carbocycles. The molecule has 1 rings (SSSR count). The highest BCUT2D eigenvalue weighted by Crippen LogP contribution is 2.17. The van der Waals surface area contributed by atoms with Gasteiger partial charge in [-0.3, -0.25) is 4.79 Å². The molecule has 4 heteroatoms. The van der Waals surface area contributed by atoms with Gasteiger partial charge in [-0.15, -0.1) is 11.3 Å². The van der Waals surface area contributed by atoms with Crippen LogP contribution in [0.1, 0.15) is 22.2 Å². The minimum Gasteiger partial charge on any atom is -0.501 e. The summed E-state index contributed by atoms with van der Waals surface area (Å²) in [6, 6.07) is 1.89. The highest BCUT2D eigenvalue weighted by molar-refractivity contribution is 7.12. The Bertz CT molecular complexity index is 331. The predicted molar refractivity (Wildman–Crippen MR) is 58.4 cm³/mol. The quantitative estimate of drug-likeness (QED) is 0.775. The van der Waals surface area contributed by atoms with Crippen LogP contribution in [0.5, 0.6) is 0 Å². The maximum absolute atomic E-state index is 11.4. The summed E-state index contributed by atoms with van der Waals surface area (Å²) < 4.78 is 5.07. The molecule has 0 radical (unpaired) electrons. The number of hydrogen-bond donors (Lipinski definition) is 1. The van der Waals surface area contributed by atoms with E-state index in [1.165, 1.54) is 11.3 Å². The zero-order valence-corrected chi connectivity index (χ0v) is 9.06. The van der Waals surface area contributed by atoms with Crippen molar-refractivity contribution in [2.24, 2.45) is 0 Å². The van der Waals surface area contributed by atoms with Crippen molar-refractivity contribution in [3.63, 3.8) is 0 Å². The van der Waals surface area contributed by atoms with Crippen LogP contribution in [0.4, 0.5) is 0 Å². The summed E-state index contributed by atoms with van der Waals surface area (Å²) in [7, 11) is 1.62. The van der Waals surface area contributed by atoms with Gasteiger partial charge in [-0.2, -0.15) is 0 Å². The number of carbonyl (C=O) groups excluding carboxylic acids is 1. The van der Waals surface area contributed by atoms with Crippen LogP contribution >= 0.6 is 11.3 Å². The van der Waals surface area contributed by atoms with Crippen LogP contribution in [0.15, 0.2) is 17.7 Å². The summed E-state index contributed by atoms with van der Waals surface area (Å²) in [6.07, 6.45) is 3.40. The number of amides is 1. The molecule has 76 valence electrons. The Kier molecular flexibility index (Phi) is 4.19. The fraction of sp³-hybridized carbons (Fsp3) is 0.300. The van der Waals surface area contributed by atoms with Crippen LogP contribution in [-0.4, -0.2) is 19.6 Å². The van der Waals surface area contributed by atoms with Crippen molar-refractivity contribution in [3.05, 3.63) is 28.1 Å². The summed E-state index contributed by atoms with van der Waals surface area (Å²) >= 11 is 1.42. The number of hydrogen-bond acceptors (Lipinski definition) is 3. The zero-order valence-electron chi connectivity index (χ0n) is 8.24. The summed E-state index contributed by atoms with van der Waals surface area (Å²) in [4.78, 5) is 12.1. The molecule has 1 N–H and O–H groups in total. The van der Waals surface area contributed by atoms with Gasteiger partial charge in [0.1, 0.15) is 0 Å². The van der Waals surface area contributed by atoms with Crippen LogP contribution in [0.25, 0.3) is 6.08 Å². The standard InChI is InChI=1S/C10H13NO2S/c1-3-13-6-4-8-5-7-14-9(8)10(12)11-2/h4-7H,3H2,1-2H3,(H,11,12)/b6-4+. The first kappa shape index (κ1) is 10.8. The average Bonchev–Trinajstić information content (AvgIpc) is 2.65. The zero-order chi connectivity index (χ0) is 10.4. The monoisotopic (exact) mass is 211 g/mol. The molecule has 1 aromatic heterocycles. The predicted octanol–water partition coefficient (Wildman–Crippen LogP) is 2.11. The van der Waals surface area contributed by atoms with Crippen molar-refractivity contribution in [1.82, 2.24) is 5.32 Å². The average molecular weight is 211 g/mol. The molecule has 0 aliphatic rings. The molecule has 14 heavy (non-hydrogen) atoms. The van der Waals surface area contributed by atoms with E-state index in [4.69, 9.17) is 4.74 Å². The van der Waals surface area contributed by atoms with Crippen molar-refractivity contribution < 1.29 is 9.53 Å². The molecule has 3 nitrogen and oxygen atoms in total. The van der Waals surface area contributed by atoms with Gasteiger partial charge in [-0.05, 0) is 24.4 Å². The molecule has 0 saturated carbocycles. The van der Waals surface area contributed by atoms with Gasteiger partial charge in [0.15, 0.2) is 0 Å². The van der Waals surface area contributed by atoms with Crippen molar-refractivity contribution in [2.75, 3.05) is 13.7 Å². The van der Waals surface area contributed by atoms with Crippen molar-refractivity contribution in [2.45, 2.75) is 6.92 Å². The van der Waals surface area contributed by atoms with Crippen molar-refractivity contribution >= 4 is 23.3 Å². The van der Waals surface area contributed by atoms with Crippen LogP contribution < -0.4 is 5.32 Å². The lowest BCUT2D eigenvalue weighted by atomic mass is 10.2. The van der Waals surface area contributed by atoms with Crippen LogP contribution in [0.3, 0.4) is 0 Å². The third-order valence-electron chi connectivity index (χ3n) is 1.64. The second kappa shape index (κ2) is 5.44. The summed E-state index contributed by atoms with van der Waals surface area (Å²) in [6.45, 7) is 2.55. The molecule has 0 fully saturated rings. The summed E-state index contributed by atoms with van der Waals surface area (Å²) in [5, 5.41) is 4.48. The van der Waals surface area contributed by atoms with Gasteiger partial charge in [0.2, 0.25) is 0 Å². The minimum absolute atomic E-state index is 0.0591. The fourth-order valence-corrected chi connectivity index (χ4v) is 1.80. The normalized spacial score (nSPS) is 10.4. The molecule has 0 aliphatic heterocycles. The molecule has 1 aromatic rings. The molecule has 0 bridgehead atoms. The smallest absolute Gasteiger partial charge is 0.261 e. The molecule has 0 atom stereocenters. The van der Waals surface area contributed by atoms with Gasteiger partial charge >= 0.3 is 0 Å². The molecule has 0 spiro atoms. The van der Waals surface area contributed by atoms with Gasteiger partial charge in [0.05, 0.1) is 17.7 Å². The molecule has 0 saturated heterocycles. The second-order valence-corrected chi connectivity index (χ2v) is 3.46. The van der Waals surface area contributed by atoms with Crippen LogP contribution in [-0.2, 0) is 4.74 Å². The first-order valence-electron chi connectivity index (χ1n) is 4.37. The van der Waals surface area contributed by atoms with E-state index in [0.717, 1.165) is 5.56 Å². The van der Waals surface area contributed by atoms with E-state index in [1.54, 1.807) is 19.4 Å². The number of thiophene rings is 1. The van der Waals surface area contributed by atoms with E-state index >= 15 is 0 Å². The first-order chi connectivity index (χ1) is 6.79. The minimum atomic E-state index is -0.0591. The van der Waals surface area contributed by atoms with Gasteiger partial charge < -0.3 is 10.1 Å². The number of carbonyl (C=O) groups is 1. The Morgan fingerprint density at radius 3 is 3.14 bits per heavy atom. The number of nitrogens with one attached hydrogen (secondary N) is 1. The third kappa shape index (κ3) is 2.60. The summed E-state index contributed by atoms with van der Waals surface area (Å²) in [5.74, 6) is -0.0591. The van der Waals surface area contributed by atoms with E-state index in [2.05, 4.69) is 5.32 Å². The maximum Gasteiger partial charge on any atom is 0.261 e. The van der Waals surface area contributed by atoms with E-state index < -0.39 is 0 Å². The number of ether oxygens (including phenoxy) is 1. The lowest BCUT2D eigenvalue weighted by Crippen LogP contribution is -2.17. The van der Waals surface area contributed by atoms with Gasteiger partial charge in [-0.1, -0.05) is 0 Å². The van der Waals surface area contributed by atoms with Crippen LogP contribution in [0, 0.1) is 0 Å². The lowest BCUT2D eigenvalue weighted by Gasteiger charge is -1.97. The van der Waals surface area contributed by atoms with Gasteiger partial charge in [0, 0.05) is 12.6 Å².